The van der Waals surface area contributed by atoms with E-state index in [1.165, 1.54) is 11.3 Å². The van der Waals surface area contributed by atoms with Gasteiger partial charge in [-0.3, -0.25) is 9.89 Å². The lowest BCUT2D eigenvalue weighted by atomic mass is 9.85. The molecule has 1 aliphatic carbocycles. The standard InChI is InChI=1S/C21H22N6O2S/c28-20(23-13-21(29)4-2-1-3-5-21)18-6-14(12-30-18)17-10-26-27-11-16(7-22-19(17)27)15-8-24-25-9-15/h6-12,29H,1-5,13H2,(H,23,28)(H,24,25). The lowest BCUT2D eigenvalue weighted by molar-refractivity contribution is 0.00529. The van der Waals surface area contributed by atoms with E-state index in [0.717, 1.165) is 60.0 Å². The molecule has 1 fully saturated rings. The lowest BCUT2D eigenvalue weighted by Gasteiger charge is -2.32. The SMILES string of the molecule is O=C(NCC1(O)CCCCC1)c1cc(-c2cnn3cc(-c4cn[nH]c4)cnc23)cs1. The topological polar surface area (TPSA) is 108 Å². The van der Waals surface area contributed by atoms with Crippen LogP contribution in [0.25, 0.3) is 27.9 Å². The second-order valence-corrected chi connectivity index (χ2v) is 8.73. The molecule has 154 valence electrons. The summed E-state index contributed by atoms with van der Waals surface area (Å²) < 4.78 is 1.73. The van der Waals surface area contributed by atoms with Crippen molar-refractivity contribution in [3.05, 3.63) is 47.3 Å². The third kappa shape index (κ3) is 3.61. The molecular formula is C21H22N6O2S. The zero-order valence-corrected chi connectivity index (χ0v) is 17.2. The first-order valence-corrected chi connectivity index (χ1v) is 10.9. The number of nitrogens with one attached hydrogen (secondary N) is 2. The summed E-state index contributed by atoms with van der Waals surface area (Å²) >= 11 is 1.38. The van der Waals surface area contributed by atoms with E-state index >= 15 is 0 Å². The van der Waals surface area contributed by atoms with Crippen molar-refractivity contribution in [1.29, 1.82) is 0 Å². The highest BCUT2D eigenvalue weighted by Gasteiger charge is 2.29. The second-order valence-electron chi connectivity index (χ2n) is 7.82. The average Bonchev–Trinajstić information content (AvgIpc) is 3.52. The van der Waals surface area contributed by atoms with Crippen LogP contribution in [0.4, 0.5) is 0 Å². The maximum atomic E-state index is 12.6. The van der Waals surface area contributed by atoms with Crippen LogP contribution in [0.3, 0.4) is 0 Å². The van der Waals surface area contributed by atoms with Gasteiger partial charge in [-0.15, -0.1) is 11.3 Å². The number of carbonyl (C=O) groups excluding carboxylic acids is 1. The average molecular weight is 423 g/mol. The lowest BCUT2D eigenvalue weighted by Crippen LogP contribution is -2.44. The molecule has 8 nitrogen and oxygen atoms in total. The number of fused-ring (bicyclic) bond motifs is 1. The first kappa shape index (κ1) is 19.0. The molecule has 0 aromatic carbocycles. The number of H-pyrrole nitrogens is 1. The molecule has 4 heterocycles. The fraction of sp³-hybridized carbons (Fsp3) is 0.333. The van der Waals surface area contributed by atoms with E-state index < -0.39 is 5.60 Å². The summed E-state index contributed by atoms with van der Waals surface area (Å²) in [6.07, 6.45) is 13.7. The van der Waals surface area contributed by atoms with Crippen molar-refractivity contribution in [2.45, 2.75) is 37.7 Å². The van der Waals surface area contributed by atoms with Crippen molar-refractivity contribution < 1.29 is 9.90 Å². The number of aliphatic hydroxyl groups is 1. The van der Waals surface area contributed by atoms with Crippen LogP contribution in [-0.2, 0) is 0 Å². The Kier molecular flexibility index (Phi) is 4.84. The van der Waals surface area contributed by atoms with Gasteiger partial charge in [-0.1, -0.05) is 19.3 Å². The van der Waals surface area contributed by atoms with E-state index in [9.17, 15) is 9.90 Å². The maximum Gasteiger partial charge on any atom is 0.261 e. The molecule has 4 aromatic heterocycles. The molecule has 0 aliphatic heterocycles. The van der Waals surface area contributed by atoms with Crippen molar-refractivity contribution in [3.8, 4) is 22.3 Å². The van der Waals surface area contributed by atoms with Gasteiger partial charge in [-0.2, -0.15) is 10.2 Å². The monoisotopic (exact) mass is 422 g/mol. The Balaban J connectivity index is 1.33. The largest absolute Gasteiger partial charge is 0.388 e. The molecule has 0 saturated heterocycles. The molecular weight excluding hydrogens is 400 g/mol. The summed E-state index contributed by atoms with van der Waals surface area (Å²) in [6.45, 7) is 0.300. The van der Waals surface area contributed by atoms with E-state index in [1.54, 1.807) is 29.3 Å². The van der Waals surface area contributed by atoms with Gasteiger partial charge in [0.05, 0.1) is 22.9 Å². The minimum absolute atomic E-state index is 0.156. The number of aromatic amines is 1. The fourth-order valence-corrected chi connectivity index (χ4v) is 4.77. The summed E-state index contributed by atoms with van der Waals surface area (Å²) in [5.41, 5.74) is 3.58. The molecule has 30 heavy (non-hydrogen) atoms. The normalized spacial score (nSPS) is 16.0. The molecule has 9 heteroatoms. The highest BCUT2D eigenvalue weighted by atomic mass is 32.1. The van der Waals surface area contributed by atoms with E-state index in [-0.39, 0.29) is 5.91 Å². The van der Waals surface area contributed by atoms with Crippen LogP contribution in [0.2, 0.25) is 0 Å². The predicted octanol–water partition coefficient (Wildman–Crippen LogP) is 3.27. The number of rotatable bonds is 5. The van der Waals surface area contributed by atoms with Gasteiger partial charge in [0, 0.05) is 41.8 Å². The molecule has 4 aromatic rings. The van der Waals surface area contributed by atoms with Gasteiger partial charge in [-0.05, 0) is 29.9 Å². The number of hydrogen-bond donors (Lipinski definition) is 3. The van der Waals surface area contributed by atoms with Gasteiger partial charge in [0.1, 0.15) is 0 Å². The van der Waals surface area contributed by atoms with Crippen LogP contribution in [0.1, 0.15) is 41.8 Å². The predicted molar refractivity (Wildman–Crippen MR) is 114 cm³/mol. The smallest absolute Gasteiger partial charge is 0.261 e. The van der Waals surface area contributed by atoms with Crippen LogP contribution in [0.15, 0.2) is 42.4 Å². The van der Waals surface area contributed by atoms with Gasteiger partial charge in [-0.25, -0.2) is 9.50 Å². The van der Waals surface area contributed by atoms with E-state index in [2.05, 4.69) is 25.6 Å². The number of hydrogen-bond acceptors (Lipinski definition) is 6. The summed E-state index contributed by atoms with van der Waals surface area (Å²) in [7, 11) is 0. The Labute approximate surface area is 177 Å². The van der Waals surface area contributed by atoms with Crippen molar-refractivity contribution in [3.63, 3.8) is 0 Å². The number of aromatic nitrogens is 5. The summed E-state index contributed by atoms with van der Waals surface area (Å²) in [5.74, 6) is -0.156. The molecule has 1 aliphatic rings. The van der Waals surface area contributed by atoms with Crippen LogP contribution in [0.5, 0.6) is 0 Å². The molecule has 1 amide bonds. The quantitative estimate of drug-likeness (QED) is 0.457. The van der Waals surface area contributed by atoms with Gasteiger partial charge in [0.2, 0.25) is 0 Å². The van der Waals surface area contributed by atoms with Gasteiger partial charge >= 0.3 is 0 Å². The summed E-state index contributed by atoms with van der Waals surface area (Å²) in [4.78, 5) is 17.8. The Bertz CT molecular complexity index is 1170. The highest BCUT2D eigenvalue weighted by Crippen LogP contribution is 2.30. The highest BCUT2D eigenvalue weighted by molar-refractivity contribution is 7.12. The van der Waals surface area contributed by atoms with E-state index in [4.69, 9.17) is 0 Å². The van der Waals surface area contributed by atoms with E-state index in [0.29, 0.717) is 11.4 Å². The summed E-state index contributed by atoms with van der Waals surface area (Å²) in [5, 5.41) is 26.6. The van der Waals surface area contributed by atoms with Crippen molar-refractivity contribution >= 4 is 22.9 Å². The molecule has 0 atom stereocenters. The first-order chi connectivity index (χ1) is 14.6. The third-order valence-electron chi connectivity index (χ3n) is 5.68. The fourth-order valence-electron chi connectivity index (χ4n) is 3.95. The molecule has 1 saturated carbocycles. The molecule has 0 unspecified atom stereocenters. The Morgan fingerprint density at radius 1 is 1.20 bits per heavy atom. The number of thiophene rings is 1. The van der Waals surface area contributed by atoms with Crippen LogP contribution >= 0.6 is 11.3 Å². The Hall–Kier alpha value is -3.04. The third-order valence-corrected chi connectivity index (χ3v) is 6.61. The van der Waals surface area contributed by atoms with Gasteiger partial charge in [0.15, 0.2) is 5.65 Å². The van der Waals surface area contributed by atoms with Crippen molar-refractivity contribution in [2.75, 3.05) is 6.54 Å². The van der Waals surface area contributed by atoms with Gasteiger partial charge < -0.3 is 10.4 Å². The Morgan fingerprint density at radius 3 is 2.87 bits per heavy atom. The second kappa shape index (κ2) is 7.66. The molecule has 5 rings (SSSR count). The molecule has 0 bridgehead atoms. The van der Waals surface area contributed by atoms with Crippen molar-refractivity contribution in [1.82, 2.24) is 30.1 Å². The molecule has 3 N–H and O–H groups in total. The van der Waals surface area contributed by atoms with Crippen molar-refractivity contribution in [2.24, 2.45) is 0 Å². The molecule has 0 spiro atoms. The maximum absolute atomic E-state index is 12.6. The summed E-state index contributed by atoms with van der Waals surface area (Å²) in [6, 6.07) is 1.85. The number of carbonyl (C=O) groups is 1. The van der Waals surface area contributed by atoms with Crippen LogP contribution in [0, 0.1) is 0 Å². The zero-order chi connectivity index (χ0) is 20.6. The van der Waals surface area contributed by atoms with Gasteiger partial charge in [0.25, 0.3) is 5.91 Å². The zero-order valence-electron chi connectivity index (χ0n) is 16.3. The van der Waals surface area contributed by atoms with Crippen LogP contribution in [-0.4, -0.2) is 48.0 Å². The number of amides is 1. The van der Waals surface area contributed by atoms with Crippen LogP contribution < -0.4 is 5.32 Å². The molecule has 0 radical (unpaired) electrons. The van der Waals surface area contributed by atoms with E-state index in [1.807, 2.05) is 17.6 Å². The number of nitrogens with zero attached hydrogens (tertiary/aromatic N) is 4. The first-order valence-electron chi connectivity index (χ1n) is 10.0. The Morgan fingerprint density at radius 2 is 2.07 bits per heavy atom. The minimum Gasteiger partial charge on any atom is -0.388 e. The minimum atomic E-state index is -0.771.